The normalized spacial score (nSPS) is 10.1. The largest absolute Gasteiger partial charge is 0.496 e. The van der Waals surface area contributed by atoms with Crippen LogP contribution in [-0.2, 0) is 11.2 Å². The lowest BCUT2D eigenvalue weighted by atomic mass is 10.1. The Morgan fingerprint density at radius 1 is 1.47 bits per heavy atom. The molecule has 0 unspecified atom stereocenters. The summed E-state index contributed by atoms with van der Waals surface area (Å²) in [5.74, 6) is -3.27. The Bertz CT molecular complexity index is 402. The first-order valence-corrected chi connectivity index (χ1v) is 4.20. The Hall–Kier alpha value is -1.65. The highest BCUT2D eigenvalue weighted by atomic mass is 19.2. The number of halogens is 2. The first-order valence-electron chi connectivity index (χ1n) is 4.20. The van der Waals surface area contributed by atoms with E-state index in [0.29, 0.717) is 0 Å². The van der Waals surface area contributed by atoms with Gasteiger partial charge in [0.2, 0.25) is 0 Å². The van der Waals surface area contributed by atoms with Crippen LogP contribution in [-0.4, -0.2) is 18.2 Å². The van der Waals surface area contributed by atoms with Gasteiger partial charge in [-0.3, -0.25) is 4.79 Å². The summed E-state index contributed by atoms with van der Waals surface area (Å²) in [5, 5.41) is 8.49. The zero-order valence-electron chi connectivity index (χ0n) is 8.30. The van der Waals surface area contributed by atoms with Crippen molar-refractivity contribution in [2.75, 3.05) is 7.11 Å². The van der Waals surface area contributed by atoms with Crippen LogP contribution < -0.4 is 4.74 Å². The summed E-state index contributed by atoms with van der Waals surface area (Å²) in [6.07, 6.45) is -0.570. The number of carbonyl (C=O) groups is 1. The zero-order chi connectivity index (χ0) is 11.6. The third kappa shape index (κ3) is 2.23. The Morgan fingerprint density at radius 2 is 2.07 bits per heavy atom. The minimum Gasteiger partial charge on any atom is -0.496 e. The molecule has 0 bridgehead atoms. The van der Waals surface area contributed by atoms with Gasteiger partial charge in [0.1, 0.15) is 5.75 Å². The van der Waals surface area contributed by atoms with Crippen LogP contribution in [0.5, 0.6) is 5.75 Å². The standard InChI is InChI=1S/C10H10F2O3/c1-5-7(15-2)3-6(4-8(13)14)10(12)9(5)11/h3H,4H2,1-2H3,(H,13,14). The predicted octanol–water partition coefficient (Wildman–Crippen LogP) is 1.91. The molecule has 82 valence electrons. The molecule has 0 aliphatic heterocycles. The van der Waals surface area contributed by atoms with Gasteiger partial charge in [-0.25, -0.2) is 8.78 Å². The highest BCUT2D eigenvalue weighted by Gasteiger charge is 2.17. The number of rotatable bonds is 3. The van der Waals surface area contributed by atoms with E-state index in [2.05, 4.69) is 0 Å². The average molecular weight is 216 g/mol. The lowest BCUT2D eigenvalue weighted by Crippen LogP contribution is -2.06. The fourth-order valence-electron chi connectivity index (χ4n) is 1.25. The van der Waals surface area contributed by atoms with Gasteiger partial charge < -0.3 is 9.84 Å². The summed E-state index contributed by atoms with van der Waals surface area (Å²) in [7, 11) is 1.31. The quantitative estimate of drug-likeness (QED) is 0.839. The van der Waals surface area contributed by atoms with Crippen LogP contribution in [0.3, 0.4) is 0 Å². The van der Waals surface area contributed by atoms with E-state index in [1.807, 2.05) is 0 Å². The molecule has 0 amide bonds. The number of methoxy groups -OCH3 is 1. The molecule has 0 saturated heterocycles. The zero-order valence-corrected chi connectivity index (χ0v) is 8.30. The Balaban J connectivity index is 3.28. The second-order valence-corrected chi connectivity index (χ2v) is 3.06. The van der Waals surface area contributed by atoms with Gasteiger partial charge in [0, 0.05) is 11.1 Å². The molecule has 5 heteroatoms. The molecule has 0 atom stereocenters. The molecule has 1 rings (SSSR count). The molecule has 0 spiro atoms. The summed E-state index contributed by atoms with van der Waals surface area (Å²) in [6, 6.07) is 1.20. The lowest BCUT2D eigenvalue weighted by molar-refractivity contribution is -0.136. The molecule has 1 aromatic carbocycles. The molecule has 0 aromatic heterocycles. The van der Waals surface area contributed by atoms with E-state index in [1.54, 1.807) is 0 Å². The van der Waals surface area contributed by atoms with E-state index in [9.17, 15) is 13.6 Å². The Kier molecular flexibility index (Phi) is 3.24. The molecule has 0 aliphatic rings. The van der Waals surface area contributed by atoms with E-state index in [0.717, 1.165) is 0 Å². The van der Waals surface area contributed by atoms with Crippen LogP contribution in [0.4, 0.5) is 8.78 Å². The molecule has 3 nitrogen and oxygen atoms in total. The van der Waals surface area contributed by atoms with Crippen molar-refractivity contribution in [2.24, 2.45) is 0 Å². The van der Waals surface area contributed by atoms with Gasteiger partial charge in [0.25, 0.3) is 0 Å². The molecule has 0 radical (unpaired) electrons. The highest BCUT2D eigenvalue weighted by Crippen LogP contribution is 2.26. The highest BCUT2D eigenvalue weighted by molar-refractivity contribution is 5.70. The van der Waals surface area contributed by atoms with Crippen molar-refractivity contribution in [1.29, 1.82) is 0 Å². The number of carboxylic acids is 1. The van der Waals surface area contributed by atoms with Crippen molar-refractivity contribution in [2.45, 2.75) is 13.3 Å². The van der Waals surface area contributed by atoms with Gasteiger partial charge in [-0.2, -0.15) is 0 Å². The number of ether oxygens (including phenoxy) is 1. The summed E-state index contributed by atoms with van der Waals surface area (Å²) >= 11 is 0. The number of hydrogen-bond acceptors (Lipinski definition) is 2. The van der Waals surface area contributed by atoms with Crippen LogP contribution in [0, 0.1) is 18.6 Å². The van der Waals surface area contributed by atoms with Gasteiger partial charge in [-0.15, -0.1) is 0 Å². The minimum absolute atomic E-state index is 0.0316. The van der Waals surface area contributed by atoms with Crippen LogP contribution >= 0.6 is 0 Å². The lowest BCUT2D eigenvalue weighted by Gasteiger charge is -2.09. The van der Waals surface area contributed by atoms with Gasteiger partial charge in [-0.05, 0) is 13.0 Å². The SMILES string of the molecule is COc1cc(CC(=O)O)c(F)c(F)c1C. The summed E-state index contributed by atoms with van der Waals surface area (Å²) in [4.78, 5) is 10.4. The van der Waals surface area contributed by atoms with Crippen molar-refractivity contribution < 1.29 is 23.4 Å². The topological polar surface area (TPSA) is 46.5 Å². The molecule has 0 heterocycles. The molecule has 1 aromatic rings. The Morgan fingerprint density at radius 3 is 2.53 bits per heavy atom. The van der Waals surface area contributed by atoms with Crippen LogP contribution in [0.1, 0.15) is 11.1 Å². The maximum Gasteiger partial charge on any atom is 0.307 e. The first-order chi connectivity index (χ1) is 6.97. The predicted molar refractivity (Wildman–Crippen MR) is 49.0 cm³/mol. The Labute approximate surface area is 85.3 Å². The molecule has 15 heavy (non-hydrogen) atoms. The second kappa shape index (κ2) is 4.25. The molecule has 0 fully saturated rings. The van der Waals surface area contributed by atoms with E-state index in [1.165, 1.54) is 20.1 Å². The van der Waals surface area contributed by atoms with Crippen LogP contribution in [0.25, 0.3) is 0 Å². The van der Waals surface area contributed by atoms with Crippen molar-refractivity contribution in [3.63, 3.8) is 0 Å². The summed E-state index contributed by atoms with van der Waals surface area (Å²) < 4.78 is 31.3. The molecular weight excluding hydrogens is 206 g/mol. The van der Waals surface area contributed by atoms with E-state index in [-0.39, 0.29) is 16.9 Å². The van der Waals surface area contributed by atoms with Crippen molar-refractivity contribution in [3.05, 3.63) is 28.8 Å². The second-order valence-electron chi connectivity index (χ2n) is 3.06. The number of benzene rings is 1. The van der Waals surface area contributed by atoms with Crippen molar-refractivity contribution in [3.8, 4) is 5.75 Å². The average Bonchev–Trinajstić information content (AvgIpc) is 2.18. The number of hydrogen-bond donors (Lipinski definition) is 1. The minimum atomic E-state index is -1.22. The van der Waals surface area contributed by atoms with Crippen molar-refractivity contribution >= 4 is 5.97 Å². The fourth-order valence-corrected chi connectivity index (χ4v) is 1.25. The number of carboxylic acid groups (broad SMARTS) is 1. The smallest absolute Gasteiger partial charge is 0.307 e. The number of aliphatic carboxylic acids is 1. The van der Waals surface area contributed by atoms with Crippen LogP contribution in [0.2, 0.25) is 0 Å². The molecule has 0 aliphatic carbocycles. The summed E-state index contributed by atoms with van der Waals surface area (Å²) in [5.41, 5.74) is -0.188. The van der Waals surface area contributed by atoms with Gasteiger partial charge in [-0.1, -0.05) is 0 Å². The third-order valence-corrected chi connectivity index (χ3v) is 2.04. The van der Waals surface area contributed by atoms with Gasteiger partial charge in [0.05, 0.1) is 13.5 Å². The molecule has 1 N–H and O–H groups in total. The first kappa shape index (κ1) is 11.4. The van der Waals surface area contributed by atoms with Gasteiger partial charge >= 0.3 is 5.97 Å². The van der Waals surface area contributed by atoms with E-state index in [4.69, 9.17) is 9.84 Å². The maximum absolute atomic E-state index is 13.2. The molecule has 0 saturated carbocycles. The van der Waals surface area contributed by atoms with Crippen molar-refractivity contribution in [1.82, 2.24) is 0 Å². The summed E-state index contributed by atoms with van der Waals surface area (Å²) in [6.45, 7) is 1.36. The third-order valence-electron chi connectivity index (χ3n) is 2.04. The van der Waals surface area contributed by atoms with Crippen LogP contribution in [0.15, 0.2) is 6.07 Å². The van der Waals surface area contributed by atoms with E-state index >= 15 is 0 Å². The monoisotopic (exact) mass is 216 g/mol. The van der Waals surface area contributed by atoms with E-state index < -0.39 is 24.0 Å². The maximum atomic E-state index is 13.2. The fraction of sp³-hybridized carbons (Fsp3) is 0.300. The molecular formula is C10H10F2O3. The van der Waals surface area contributed by atoms with Gasteiger partial charge in [0.15, 0.2) is 11.6 Å².